The van der Waals surface area contributed by atoms with E-state index in [0.717, 1.165) is 25.2 Å². The number of rotatable bonds is 4. The number of benzene rings is 1. The Kier molecular flexibility index (Phi) is 3.75. The Hall–Kier alpha value is -0.690. The molecule has 2 atom stereocenters. The standard InChI is InChI=1S/C14H19ClO/c1-10(2)13(15)8-7-11-9-16-14-6-4-3-5-12(11)14/h3-6,10-11,13H,7-9H2,1-2H3. The summed E-state index contributed by atoms with van der Waals surface area (Å²) < 4.78 is 5.66. The first-order valence-electron chi connectivity index (χ1n) is 6.04. The van der Waals surface area contributed by atoms with Crippen LogP contribution in [0, 0.1) is 5.92 Å². The van der Waals surface area contributed by atoms with Crippen LogP contribution in [0.25, 0.3) is 0 Å². The molecule has 0 saturated carbocycles. The highest BCUT2D eigenvalue weighted by atomic mass is 35.5. The van der Waals surface area contributed by atoms with E-state index >= 15 is 0 Å². The average molecular weight is 239 g/mol. The number of alkyl halides is 1. The van der Waals surface area contributed by atoms with Crippen molar-refractivity contribution in [3.63, 3.8) is 0 Å². The molecule has 0 saturated heterocycles. The SMILES string of the molecule is CC(C)C(Cl)CCC1COc2ccccc21. The molecule has 0 fully saturated rings. The van der Waals surface area contributed by atoms with Gasteiger partial charge in [0.2, 0.25) is 0 Å². The molecule has 1 aliphatic rings. The van der Waals surface area contributed by atoms with Gasteiger partial charge >= 0.3 is 0 Å². The van der Waals surface area contributed by atoms with Crippen LogP contribution < -0.4 is 4.74 Å². The fraction of sp³-hybridized carbons (Fsp3) is 0.571. The molecule has 88 valence electrons. The summed E-state index contributed by atoms with van der Waals surface area (Å²) in [6.45, 7) is 5.18. The van der Waals surface area contributed by atoms with E-state index in [1.807, 2.05) is 6.07 Å². The maximum Gasteiger partial charge on any atom is 0.122 e. The lowest BCUT2D eigenvalue weighted by Gasteiger charge is -2.15. The number of halogens is 1. The number of hydrogen-bond acceptors (Lipinski definition) is 1. The molecule has 16 heavy (non-hydrogen) atoms. The predicted molar refractivity (Wildman–Crippen MR) is 68.4 cm³/mol. The van der Waals surface area contributed by atoms with Crippen molar-refractivity contribution in [2.45, 2.75) is 38.0 Å². The predicted octanol–water partition coefficient (Wildman–Crippen LogP) is 4.21. The monoisotopic (exact) mass is 238 g/mol. The van der Waals surface area contributed by atoms with Gasteiger partial charge in [0.15, 0.2) is 0 Å². The summed E-state index contributed by atoms with van der Waals surface area (Å²) in [5.41, 5.74) is 1.36. The van der Waals surface area contributed by atoms with Gasteiger partial charge in [-0.3, -0.25) is 0 Å². The lowest BCUT2D eigenvalue weighted by atomic mass is 9.93. The van der Waals surface area contributed by atoms with E-state index in [9.17, 15) is 0 Å². The first-order valence-corrected chi connectivity index (χ1v) is 6.48. The zero-order chi connectivity index (χ0) is 11.5. The van der Waals surface area contributed by atoms with Gasteiger partial charge in [0.1, 0.15) is 5.75 Å². The summed E-state index contributed by atoms with van der Waals surface area (Å²) in [5.74, 6) is 2.15. The summed E-state index contributed by atoms with van der Waals surface area (Å²) in [7, 11) is 0. The summed E-state index contributed by atoms with van der Waals surface area (Å²) in [5, 5.41) is 0.285. The van der Waals surface area contributed by atoms with Crippen molar-refractivity contribution in [1.82, 2.24) is 0 Å². The zero-order valence-electron chi connectivity index (χ0n) is 9.95. The molecule has 0 aromatic heterocycles. The van der Waals surface area contributed by atoms with E-state index in [4.69, 9.17) is 16.3 Å². The highest BCUT2D eigenvalue weighted by Crippen LogP contribution is 2.37. The van der Waals surface area contributed by atoms with Gasteiger partial charge in [-0.05, 0) is 24.8 Å². The molecular weight excluding hydrogens is 220 g/mol. The maximum atomic E-state index is 6.28. The van der Waals surface area contributed by atoms with Crippen LogP contribution in [0.2, 0.25) is 0 Å². The van der Waals surface area contributed by atoms with Crippen LogP contribution in [0.4, 0.5) is 0 Å². The van der Waals surface area contributed by atoms with Crippen molar-refractivity contribution in [2.24, 2.45) is 5.92 Å². The van der Waals surface area contributed by atoms with Crippen molar-refractivity contribution < 1.29 is 4.74 Å². The number of para-hydroxylation sites is 1. The second-order valence-corrected chi connectivity index (χ2v) is 5.44. The Balaban J connectivity index is 1.93. The molecule has 2 unspecified atom stereocenters. The van der Waals surface area contributed by atoms with Crippen molar-refractivity contribution in [2.75, 3.05) is 6.61 Å². The summed E-state index contributed by atoms with van der Waals surface area (Å²) in [6.07, 6.45) is 2.20. The Labute approximate surface area is 103 Å². The third-order valence-electron chi connectivity index (χ3n) is 3.31. The van der Waals surface area contributed by atoms with Crippen LogP contribution in [0.5, 0.6) is 5.75 Å². The smallest absolute Gasteiger partial charge is 0.122 e. The quantitative estimate of drug-likeness (QED) is 0.715. The average Bonchev–Trinajstić information content (AvgIpc) is 2.69. The number of hydrogen-bond donors (Lipinski definition) is 0. The van der Waals surface area contributed by atoms with E-state index in [-0.39, 0.29) is 5.38 Å². The van der Waals surface area contributed by atoms with Crippen LogP contribution in [0.15, 0.2) is 24.3 Å². The summed E-state index contributed by atoms with van der Waals surface area (Å²) in [4.78, 5) is 0. The topological polar surface area (TPSA) is 9.23 Å². The first-order chi connectivity index (χ1) is 7.68. The van der Waals surface area contributed by atoms with E-state index in [1.54, 1.807) is 0 Å². The molecule has 0 aliphatic carbocycles. The minimum absolute atomic E-state index is 0.285. The highest BCUT2D eigenvalue weighted by molar-refractivity contribution is 6.20. The molecule has 1 aromatic rings. The van der Waals surface area contributed by atoms with Crippen LogP contribution in [0.1, 0.15) is 38.2 Å². The molecule has 2 heteroatoms. The van der Waals surface area contributed by atoms with E-state index in [1.165, 1.54) is 5.56 Å². The zero-order valence-corrected chi connectivity index (χ0v) is 10.7. The fourth-order valence-corrected chi connectivity index (χ4v) is 2.29. The van der Waals surface area contributed by atoms with Gasteiger partial charge in [-0.25, -0.2) is 0 Å². The second kappa shape index (κ2) is 5.09. The normalized spacial score (nSPS) is 20.6. The molecule has 2 rings (SSSR count). The van der Waals surface area contributed by atoms with Gasteiger partial charge in [0.05, 0.1) is 6.61 Å². The molecule has 1 nitrogen and oxygen atoms in total. The fourth-order valence-electron chi connectivity index (χ4n) is 2.16. The number of ether oxygens (including phenoxy) is 1. The third-order valence-corrected chi connectivity index (χ3v) is 4.04. The molecule has 0 amide bonds. The maximum absolute atomic E-state index is 6.28. The van der Waals surface area contributed by atoms with Crippen LogP contribution >= 0.6 is 11.6 Å². The lowest BCUT2D eigenvalue weighted by Crippen LogP contribution is -2.10. The largest absolute Gasteiger partial charge is 0.493 e. The minimum atomic E-state index is 0.285. The van der Waals surface area contributed by atoms with Gasteiger partial charge < -0.3 is 4.74 Å². The first kappa shape index (κ1) is 11.8. The summed E-state index contributed by atoms with van der Waals surface area (Å²) >= 11 is 6.28. The lowest BCUT2D eigenvalue weighted by molar-refractivity contribution is 0.321. The molecule has 0 radical (unpaired) electrons. The van der Waals surface area contributed by atoms with Gasteiger partial charge in [-0.2, -0.15) is 0 Å². The van der Waals surface area contributed by atoms with E-state index < -0.39 is 0 Å². The van der Waals surface area contributed by atoms with Gasteiger partial charge in [-0.15, -0.1) is 11.6 Å². The molecule has 1 aliphatic heterocycles. The van der Waals surface area contributed by atoms with Crippen molar-refractivity contribution in [3.05, 3.63) is 29.8 Å². The van der Waals surface area contributed by atoms with Crippen LogP contribution in [0.3, 0.4) is 0 Å². The minimum Gasteiger partial charge on any atom is -0.493 e. The Morgan fingerprint density at radius 2 is 2.12 bits per heavy atom. The van der Waals surface area contributed by atoms with Gasteiger partial charge in [0, 0.05) is 16.9 Å². The third kappa shape index (κ3) is 2.52. The Morgan fingerprint density at radius 3 is 2.88 bits per heavy atom. The number of fused-ring (bicyclic) bond motifs is 1. The van der Waals surface area contributed by atoms with Crippen LogP contribution in [-0.4, -0.2) is 12.0 Å². The van der Waals surface area contributed by atoms with Gasteiger partial charge in [0.25, 0.3) is 0 Å². The van der Waals surface area contributed by atoms with Crippen LogP contribution in [-0.2, 0) is 0 Å². The molecule has 1 aromatic carbocycles. The molecular formula is C14H19ClO. The molecule has 0 N–H and O–H groups in total. The highest BCUT2D eigenvalue weighted by Gasteiger charge is 2.24. The molecule has 1 heterocycles. The van der Waals surface area contributed by atoms with Crippen molar-refractivity contribution in [3.8, 4) is 5.75 Å². The molecule has 0 bridgehead atoms. The Morgan fingerprint density at radius 1 is 1.38 bits per heavy atom. The summed E-state index contributed by atoms with van der Waals surface area (Å²) in [6, 6.07) is 8.34. The van der Waals surface area contributed by atoms with Crippen molar-refractivity contribution >= 4 is 11.6 Å². The second-order valence-electron chi connectivity index (χ2n) is 4.88. The van der Waals surface area contributed by atoms with Crippen molar-refractivity contribution in [1.29, 1.82) is 0 Å². The van der Waals surface area contributed by atoms with Gasteiger partial charge in [-0.1, -0.05) is 32.0 Å². The molecule has 0 spiro atoms. The van der Waals surface area contributed by atoms with E-state index in [2.05, 4.69) is 32.0 Å². The van der Waals surface area contributed by atoms with E-state index in [0.29, 0.717) is 11.8 Å². The Bertz CT molecular complexity index is 348.